The molecule has 0 fully saturated rings. The fourth-order valence-electron chi connectivity index (χ4n) is 3.09. The highest BCUT2D eigenvalue weighted by atomic mass is 32.1. The third-order valence-electron chi connectivity index (χ3n) is 4.30. The largest absolute Gasteiger partial charge is 0.365 e. The van der Waals surface area contributed by atoms with Crippen LogP contribution in [0.1, 0.15) is 44.8 Å². The van der Waals surface area contributed by atoms with Crippen LogP contribution in [-0.2, 0) is 12.8 Å². The number of rotatable bonds is 3. The van der Waals surface area contributed by atoms with Gasteiger partial charge in [0.15, 0.2) is 0 Å². The van der Waals surface area contributed by atoms with Crippen LogP contribution in [0.4, 0.5) is 5.00 Å². The number of hydrogen-bond acceptors (Lipinski definition) is 6. The molecule has 2 amide bonds. The number of fused-ring (bicyclic) bond motifs is 2. The van der Waals surface area contributed by atoms with Gasteiger partial charge >= 0.3 is 0 Å². The quantitative estimate of drug-likeness (QED) is 0.740. The zero-order chi connectivity index (χ0) is 17.6. The van der Waals surface area contributed by atoms with Gasteiger partial charge in [0.1, 0.15) is 5.00 Å². The van der Waals surface area contributed by atoms with E-state index >= 15 is 0 Å². The minimum atomic E-state index is -0.521. The summed E-state index contributed by atoms with van der Waals surface area (Å²) in [6.07, 6.45) is 5.94. The highest BCUT2D eigenvalue weighted by Gasteiger charge is 2.28. The minimum Gasteiger partial charge on any atom is -0.365 e. The molecule has 1 aliphatic rings. The van der Waals surface area contributed by atoms with E-state index in [0.717, 1.165) is 29.7 Å². The van der Waals surface area contributed by atoms with Crippen molar-refractivity contribution in [2.24, 2.45) is 11.7 Å². The number of nitrogens with two attached hydrogens (primary N) is 1. The first-order valence-corrected chi connectivity index (χ1v) is 8.77. The van der Waals surface area contributed by atoms with Crippen LogP contribution in [0.2, 0.25) is 0 Å². The number of nitrogens with one attached hydrogen (secondary N) is 1. The van der Waals surface area contributed by atoms with Gasteiger partial charge in [-0.25, -0.2) is 9.50 Å². The molecule has 1 unspecified atom stereocenters. The van der Waals surface area contributed by atoms with Crippen LogP contribution in [0.5, 0.6) is 0 Å². The van der Waals surface area contributed by atoms with Gasteiger partial charge in [-0.1, -0.05) is 6.92 Å². The van der Waals surface area contributed by atoms with E-state index in [0.29, 0.717) is 22.3 Å². The predicted octanol–water partition coefficient (Wildman–Crippen LogP) is 1.66. The molecule has 25 heavy (non-hydrogen) atoms. The fraction of sp³-hybridized carbons (Fsp3) is 0.312. The Hall–Kier alpha value is -2.81. The first-order valence-electron chi connectivity index (χ1n) is 7.96. The van der Waals surface area contributed by atoms with Gasteiger partial charge in [-0.3, -0.25) is 9.59 Å². The van der Waals surface area contributed by atoms with Crippen molar-refractivity contribution in [2.45, 2.75) is 26.2 Å². The molecule has 3 aromatic rings. The van der Waals surface area contributed by atoms with Crippen molar-refractivity contribution in [2.75, 3.05) is 5.32 Å². The Morgan fingerprint density at radius 1 is 1.44 bits per heavy atom. The van der Waals surface area contributed by atoms with Crippen molar-refractivity contribution in [3.05, 3.63) is 40.3 Å². The van der Waals surface area contributed by atoms with E-state index in [1.165, 1.54) is 15.9 Å². The highest BCUT2D eigenvalue weighted by Crippen LogP contribution is 2.39. The fourth-order valence-corrected chi connectivity index (χ4v) is 4.50. The summed E-state index contributed by atoms with van der Waals surface area (Å²) in [5.41, 5.74) is 6.95. The van der Waals surface area contributed by atoms with Crippen LogP contribution < -0.4 is 11.1 Å². The number of carbonyl (C=O) groups excluding carboxylic acids is 2. The SMILES string of the molecule is CC1CCc2c(sc(NC(=O)c3nc4ncccn4n3)c2C(N)=O)C1. The molecular formula is C16H16N6O2S. The summed E-state index contributed by atoms with van der Waals surface area (Å²) in [5, 5.41) is 7.33. The molecule has 4 rings (SSSR count). The molecule has 0 radical (unpaired) electrons. The molecule has 9 heteroatoms. The second kappa shape index (κ2) is 5.92. The van der Waals surface area contributed by atoms with E-state index < -0.39 is 11.8 Å². The van der Waals surface area contributed by atoms with Crippen LogP contribution >= 0.6 is 11.3 Å². The Morgan fingerprint density at radius 2 is 2.28 bits per heavy atom. The molecule has 3 heterocycles. The first-order chi connectivity index (χ1) is 12.0. The lowest BCUT2D eigenvalue weighted by atomic mass is 9.88. The maximum atomic E-state index is 12.5. The van der Waals surface area contributed by atoms with Crippen LogP contribution in [0, 0.1) is 5.92 Å². The molecule has 1 aliphatic carbocycles. The van der Waals surface area contributed by atoms with Gasteiger partial charge in [-0.05, 0) is 36.8 Å². The molecule has 8 nitrogen and oxygen atoms in total. The molecule has 0 saturated heterocycles. The summed E-state index contributed by atoms with van der Waals surface area (Å²) in [7, 11) is 0. The zero-order valence-electron chi connectivity index (χ0n) is 13.5. The third kappa shape index (κ3) is 2.76. The van der Waals surface area contributed by atoms with Gasteiger partial charge < -0.3 is 11.1 Å². The summed E-state index contributed by atoms with van der Waals surface area (Å²) in [4.78, 5) is 33.7. The van der Waals surface area contributed by atoms with Crippen LogP contribution in [0.15, 0.2) is 18.5 Å². The molecule has 3 aromatic heterocycles. The van der Waals surface area contributed by atoms with Crippen molar-refractivity contribution < 1.29 is 9.59 Å². The monoisotopic (exact) mass is 356 g/mol. The molecule has 3 N–H and O–H groups in total. The number of nitrogens with zero attached hydrogens (tertiary/aromatic N) is 4. The average Bonchev–Trinajstić information content (AvgIpc) is 3.15. The standard InChI is InChI=1S/C16H16N6O2S/c1-8-3-4-9-10(7-8)25-15(11(9)12(17)23)20-14(24)13-19-16-18-5-2-6-22(16)21-13/h2,5-6,8H,3-4,7H2,1H3,(H2,17,23)(H,20,24). The van der Waals surface area contributed by atoms with Gasteiger partial charge in [-0.2, -0.15) is 4.98 Å². The van der Waals surface area contributed by atoms with Crippen LogP contribution in [0.25, 0.3) is 5.78 Å². The van der Waals surface area contributed by atoms with Crippen LogP contribution in [-0.4, -0.2) is 31.4 Å². The third-order valence-corrected chi connectivity index (χ3v) is 5.47. The van der Waals surface area contributed by atoms with Gasteiger partial charge in [0.05, 0.1) is 5.56 Å². The van der Waals surface area contributed by atoms with E-state index in [1.807, 2.05) is 0 Å². The lowest BCUT2D eigenvalue weighted by Crippen LogP contribution is -2.20. The lowest BCUT2D eigenvalue weighted by Gasteiger charge is -2.18. The van der Waals surface area contributed by atoms with Crippen molar-refractivity contribution in [1.29, 1.82) is 0 Å². The van der Waals surface area contributed by atoms with E-state index in [-0.39, 0.29) is 5.82 Å². The smallest absolute Gasteiger partial charge is 0.296 e. The number of thiophene rings is 1. The molecule has 0 aromatic carbocycles. The Kier molecular flexibility index (Phi) is 3.72. The Morgan fingerprint density at radius 3 is 3.04 bits per heavy atom. The molecule has 128 valence electrons. The van der Waals surface area contributed by atoms with E-state index in [2.05, 4.69) is 27.3 Å². The van der Waals surface area contributed by atoms with Crippen molar-refractivity contribution in [3.63, 3.8) is 0 Å². The lowest BCUT2D eigenvalue weighted by molar-refractivity contribution is 0.1000. The summed E-state index contributed by atoms with van der Waals surface area (Å²) >= 11 is 1.41. The zero-order valence-corrected chi connectivity index (χ0v) is 14.3. The summed E-state index contributed by atoms with van der Waals surface area (Å²) in [6.45, 7) is 2.18. The number of aromatic nitrogens is 4. The highest BCUT2D eigenvalue weighted by molar-refractivity contribution is 7.17. The molecule has 0 saturated carbocycles. The van der Waals surface area contributed by atoms with Gasteiger partial charge in [-0.15, -0.1) is 16.4 Å². The van der Waals surface area contributed by atoms with E-state index in [9.17, 15) is 9.59 Å². The van der Waals surface area contributed by atoms with Crippen molar-refractivity contribution in [1.82, 2.24) is 19.6 Å². The maximum absolute atomic E-state index is 12.5. The van der Waals surface area contributed by atoms with Gasteiger partial charge in [0, 0.05) is 17.3 Å². The minimum absolute atomic E-state index is 0.00568. The normalized spacial score (nSPS) is 16.6. The summed E-state index contributed by atoms with van der Waals surface area (Å²) < 4.78 is 1.42. The number of hydrogen-bond donors (Lipinski definition) is 2. The topological polar surface area (TPSA) is 115 Å². The molecule has 0 spiro atoms. The summed E-state index contributed by atoms with van der Waals surface area (Å²) in [6, 6.07) is 1.70. The summed E-state index contributed by atoms with van der Waals surface area (Å²) in [5.74, 6) is -0.121. The second-order valence-electron chi connectivity index (χ2n) is 6.17. The predicted molar refractivity (Wildman–Crippen MR) is 92.8 cm³/mol. The van der Waals surface area contributed by atoms with Gasteiger partial charge in [0.2, 0.25) is 5.82 Å². The Bertz CT molecular complexity index is 959. The van der Waals surface area contributed by atoms with E-state index in [4.69, 9.17) is 5.73 Å². The average molecular weight is 356 g/mol. The Labute approximate surface area is 147 Å². The number of carbonyl (C=O) groups is 2. The number of anilines is 1. The number of amides is 2. The maximum Gasteiger partial charge on any atom is 0.296 e. The second-order valence-corrected chi connectivity index (χ2v) is 7.28. The van der Waals surface area contributed by atoms with E-state index in [1.54, 1.807) is 18.5 Å². The van der Waals surface area contributed by atoms with Crippen molar-refractivity contribution >= 4 is 33.9 Å². The first kappa shape index (κ1) is 15.7. The van der Waals surface area contributed by atoms with Gasteiger partial charge in [0.25, 0.3) is 17.6 Å². The molecule has 0 aliphatic heterocycles. The molecule has 0 bridgehead atoms. The molecular weight excluding hydrogens is 340 g/mol. The number of primary amides is 1. The Balaban J connectivity index is 1.68. The van der Waals surface area contributed by atoms with Crippen LogP contribution in [0.3, 0.4) is 0 Å². The van der Waals surface area contributed by atoms with Crippen molar-refractivity contribution in [3.8, 4) is 0 Å². The molecule has 1 atom stereocenters.